The fourth-order valence-electron chi connectivity index (χ4n) is 4.42. The Morgan fingerprint density at radius 3 is 2.45 bits per heavy atom. The van der Waals surface area contributed by atoms with E-state index in [1.807, 2.05) is 36.7 Å². The molecule has 0 amide bonds. The maximum Gasteiger partial charge on any atom is 0.165 e. The highest BCUT2D eigenvalue weighted by Crippen LogP contribution is 2.33. The highest BCUT2D eigenvalue weighted by Gasteiger charge is 2.22. The van der Waals surface area contributed by atoms with Crippen molar-refractivity contribution >= 4 is 24.8 Å². The summed E-state index contributed by atoms with van der Waals surface area (Å²) in [5, 5.41) is 4.52. The molecule has 1 fully saturated rings. The van der Waals surface area contributed by atoms with Crippen LogP contribution in [-0.2, 0) is 0 Å². The van der Waals surface area contributed by atoms with Gasteiger partial charge in [0.15, 0.2) is 5.65 Å². The van der Waals surface area contributed by atoms with Crippen molar-refractivity contribution in [3.63, 3.8) is 0 Å². The van der Waals surface area contributed by atoms with Crippen molar-refractivity contribution in [1.29, 1.82) is 0 Å². The molecule has 0 aliphatic heterocycles. The van der Waals surface area contributed by atoms with Crippen molar-refractivity contribution in [3.8, 4) is 22.4 Å². The van der Waals surface area contributed by atoms with Gasteiger partial charge in [0.25, 0.3) is 0 Å². The molecule has 1 saturated carbocycles. The third-order valence-electron chi connectivity index (χ3n) is 6.10. The lowest BCUT2D eigenvalue weighted by molar-refractivity contribution is 0.438. The Morgan fingerprint density at radius 1 is 0.931 bits per heavy atom. The number of anilines is 1. The molecule has 144 valence electrons. The lowest BCUT2D eigenvalue weighted by atomic mass is 9.80. The van der Waals surface area contributed by atoms with Crippen molar-refractivity contribution in [2.45, 2.75) is 38.0 Å². The third-order valence-corrected chi connectivity index (χ3v) is 6.10. The van der Waals surface area contributed by atoms with E-state index in [4.69, 9.17) is 10.7 Å². The van der Waals surface area contributed by atoms with Crippen molar-refractivity contribution in [2.75, 3.05) is 5.73 Å². The smallest absolute Gasteiger partial charge is 0.165 e. The molecular weight excluding hydrogens is 357 g/mol. The van der Waals surface area contributed by atoms with Crippen LogP contribution < -0.4 is 11.2 Å². The molecule has 0 saturated heterocycles. The van der Waals surface area contributed by atoms with Crippen molar-refractivity contribution in [3.05, 3.63) is 60.6 Å². The second-order valence-electron chi connectivity index (χ2n) is 7.93. The molecule has 0 radical (unpaired) electrons. The molecule has 1 aromatic carbocycles. The summed E-state index contributed by atoms with van der Waals surface area (Å²) in [6.07, 6.45) is 10.0. The SMILES string of the molecule is Bc1c(C2CCCCC2)nc2c(-c3ccc(-c4ccccc4)nc3)cnn2c1N. The van der Waals surface area contributed by atoms with Gasteiger partial charge in [0.1, 0.15) is 13.7 Å². The maximum absolute atomic E-state index is 6.46. The molecule has 0 unspecified atom stereocenters. The minimum atomic E-state index is 0.498. The fourth-order valence-corrected chi connectivity index (χ4v) is 4.42. The molecule has 29 heavy (non-hydrogen) atoms. The number of nitrogen functional groups attached to an aromatic ring is 1. The Hall–Kier alpha value is -3.15. The first-order valence-electron chi connectivity index (χ1n) is 10.4. The Labute approximate surface area is 171 Å². The first-order chi connectivity index (χ1) is 14.2. The average molecular weight is 381 g/mol. The van der Waals surface area contributed by atoms with E-state index in [2.05, 4.69) is 36.1 Å². The molecule has 1 aliphatic rings. The van der Waals surface area contributed by atoms with Gasteiger partial charge in [-0.1, -0.05) is 55.7 Å². The largest absolute Gasteiger partial charge is 0.384 e. The van der Waals surface area contributed by atoms with Crippen molar-refractivity contribution in [1.82, 2.24) is 19.6 Å². The van der Waals surface area contributed by atoms with E-state index in [1.165, 1.54) is 32.1 Å². The number of benzene rings is 1. The Kier molecular flexibility index (Phi) is 4.54. The summed E-state index contributed by atoms with van der Waals surface area (Å²) in [6, 6.07) is 14.3. The first-order valence-corrected chi connectivity index (χ1v) is 10.4. The van der Waals surface area contributed by atoms with Crippen LogP contribution in [0, 0.1) is 0 Å². The van der Waals surface area contributed by atoms with Crippen LogP contribution in [0.5, 0.6) is 0 Å². The van der Waals surface area contributed by atoms with E-state index in [-0.39, 0.29) is 0 Å². The van der Waals surface area contributed by atoms with E-state index in [9.17, 15) is 0 Å². The Bertz CT molecular complexity index is 1150. The number of hydrogen-bond donors (Lipinski definition) is 1. The number of nitrogens with zero attached hydrogens (tertiary/aromatic N) is 4. The summed E-state index contributed by atoms with van der Waals surface area (Å²) in [4.78, 5) is 9.74. The monoisotopic (exact) mass is 381 g/mol. The normalized spacial score (nSPS) is 15.0. The Balaban J connectivity index is 1.57. The van der Waals surface area contributed by atoms with Gasteiger partial charge in [0, 0.05) is 34.5 Å². The third kappa shape index (κ3) is 3.18. The molecule has 0 atom stereocenters. The van der Waals surface area contributed by atoms with Crippen LogP contribution in [0.3, 0.4) is 0 Å². The predicted molar refractivity (Wildman–Crippen MR) is 120 cm³/mol. The molecule has 5 nitrogen and oxygen atoms in total. The fraction of sp³-hybridized carbons (Fsp3) is 0.261. The van der Waals surface area contributed by atoms with Gasteiger partial charge < -0.3 is 5.73 Å². The highest BCUT2D eigenvalue weighted by molar-refractivity contribution is 6.36. The van der Waals surface area contributed by atoms with Crippen molar-refractivity contribution < 1.29 is 0 Å². The molecule has 6 heteroatoms. The number of fused-ring (bicyclic) bond motifs is 1. The standard InChI is InChI=1S/C23H24BN5/c24-20-21(16-9-5-2-6-10-16)28-23-18(14-27-29(23)22(20)25)17-11-12-19(26-13-17)15-7-3-1-4-8-15/h1,3-4,7-8,11-14,16H,2,5-6,9-10,24-25H2. The molecule has 4 aromatic rings. The maximum atomic E-state index is 6.46. The number of aromatic nitrogens is 4. The summed E-state index contributed by atoms with van der Waals surface area (Å²) in [5.74, 6) is 1.19. The van der Waals surface area contributed by atoms with Gasteiger partial charge in [0.05, 0.1) is 11.9 Å². The zero-order chi connectivity index (χ0) is 19.8. The number of nitrogens with two attached hydrogens (primary N) is 1. The van der Waals surface area contributed by atoms with Crippen LogP contribution in [0.4, 0.5) is 5.82 Å². The van der Waals surface area contributed by atoms with Crippen molar-refractivity contribution in [2.24, 2.45) is 0 Å². The molecule has 3 aromatic heterocycles. The second kappa shape index (κ2) is 7.35. The van der Waals surface area contributed by atoms with Gasteiger partial charge in [-0.25, -0.2) is 4.98 Å². The molecular formula is C23H24BN5. The summed E-state index contributed by atoms with van der Waals surface area (Å²) in [6.45, 7) is 0. The van der Waals surface area contributed by atoms with E-state index in [0.29, 0.717) is 11.7 Å². The van der Waals surface area contributed by atoms with Gasteiger partial charge in [-0.3, -0.25) is 4.98 Å². The van der Waals surface area contributed by atoms with Crippen LogP contribution in [0.1, 0.15) is 43.7 Å². The van der Waals surface area contributed by atoms with E-state index in [0.717, 1.165) is 39.2 Å². The van der Waals surface area contributed by atoms with Gasteiger partial charge in [-0.05, 0) is 24.4 Å². The predicted octanol–water partition coefficient (Wildman–Crippen LogP) is 3.35. The van der Waals surface area contributed by atoms with Gasteiger partial charge in [-0.2, -0.15) is 9.61 Å². The van der Waals surface area contributed by atoms with Gasteiger partial charge >= 0.3 is 0 Å². The van der Waals surface area contributed by atoms with E-state index in [1.54, 1.807) is 4.52 Å². The highest BCUT2D eigenvalue weighted by atomic mass is 15.3. The van der Waals surface area contributed by atoms with Gasteiger partial charge in [0.2, 0.25) is 0 Å². The summed E-state index contributed by atoms with van der Waals surface area (Å²) in [7, 11) is 2.07. The molecule has 5 rings (SSSR count). The molecule has 0 spiro atoms. The van der Waals surface area contributed by atoms with Crippen LogP contribution in [0.2, 0.25) is 0 Å². The van der Waals surface area contributed by atoms with Crippen LogP contribution in [0.15, 0.2) is 54.9 Å². The average Bonchev–Trinajstić information content (AvgIpc) is 3.22. The number of hydrogen-bond acceptors (Lipinski definition) is 4. The lowest BCUT2D eigenvalue weighted by Gasteiger charge is -2.23. The first kappa shape index (κ1) is 17.9. The minimum Gasteiger partial charge on any atom is -0.384 e. The number of pyridine rings is 1. The number of rotatable bonds is 3. The van der Waals surface area contributed by atoms with Crippen LogP contribution in [0.25, 0.3) is 28.0 Å². The molecule has 0 bridgehead atoms. The zero-order valence-corrected chi connectivity index (χ0v) is 16.7. The molecule has 3 heterocycles. The topological polar surface area (TPSA) is 69.1 Å². The van der Waals surface area contributed by atoms with E-state index >= 15 is 0 Å². The second-order valence-corrected chi connectivity index (χ2v) is 7.93. The van der Waals surface area contributed by atoms with E-state index < -0.39 is 0 Å². The van der Waals surface area contributed by atoms with Crippen LogP contribution in [-0.4, -0.2) is 27.4 Å². The van der Waals surface area contributed by atoms with Gasteiger partial charge in [-0.15, -0.1) is 0 Å². The van der Waals surface area contributed by atoms with Crippen LogP contribution >= 0.6 is 0 Å². The summed E-state index contributed by atoms with van der Waals surface area (Å²) < 4.78 is 1.77. The lowest BCUT2D eigenvalue weighted by Crippen LogP contribution is -2.25. The molecule has 1 aliphatic carbocycles. The summed E-state index contributed by atoms with van der Waals surface area (Å²) in [5.41, 5.74) is 13.5. The molecule has 2 N–H and O–H groups in total. The minimum absolute atomic E-state index is 0.498. The Morgan fingerprint density at radius 2 is 1.72 bits per heavy atom. The zero-order valence-electron chi connectivity index (χ0n) is 16.7. The quantitative estimate of drug-likeness (QED) is 0.553. The summed E-state index contributed by atoms with van der Waals surface area (Å²) >= 11 is 0.